The molecule has 0 aliphatic heterocycles. The summed E-state index contributed by atoms with van der Waals surface area (Å²) in [6.07, 6.45) is 5.83. The quantitative estimate of drug-likeness (QED) is 0.672. The molecule has 14 heavy (non-hydrogen) atoms. The van der Waals surface area contributed by atoms with Gasteiger partial charge in [0.05, 0.1) is 0 Å². The molecule has 1 heteroatoms. The average molecular weight is 194 g/mol. The predicted octanol–water partition coefficient (Wildman–Crippen LogP) is 3.43. The molecule has 2 aliphatic carbocycles. The summed E-state index contributed by atoms with van der Waals surface area (Å²) in [5, 5.41) is 0. The lowest BCUT2D eigenvalue weighted by Crippen LogP contribution is -2.36. The lowest BCUT2D eigenvalue weighted by molar-refractivity contribution is -0.128. The zero-order valence-electron chi connectivity index (χ0n) is 9.68. The average Bonchev–Trinajstić information content (AvgIpc) is 2.61. The van der Waals surface area contributed by atoms with Gasteiger partial charge in [-0.25, -0.2) is 0 Å². The molecular formula is C13H22O. The molecule has 0 aromatic heterocycles. The maximum absolute atomic E-state index is 12.1. The number of hydrogen-bond acceptors (Lipinski definition) is 1. The van der Waals surface area contributed by atoms with Gasteiger partial charge in [0.25, 0.3) is 0 Å². The highest BCUT2D eigenvalue weighted by Gasteiger charge is 2.54. The number of rotatable bonds is 3. The molecule has 0 saturated heterocycles. The van der Waals surface area contributed by atoms with E-state index in [0.717, 1.165) is 24.7 Å². The number of ketones is 1. The van der Waals surface area contributed by atoms with Gasteiger partial charge in [-0.15, -0.1) is 0 Å². The summed E-state index contributed by atoms with van der Waals surface area (Å²) in [7, 11) is 0. The fourth-order valence-electron chi connectivity index (χ4n) is 3.94. The van der Waals surface area contributed by atoms with Gasteiger partial charge in [-0.1, -0.05) is 20.8 Å². The Kier molecular flexibility index (Phi) is 2.45. The third kappa shape index (κ3) is 1.32. The Balaban J connectivity index is 2.15. The van der Waals surface area contributed by atoms with E-state index < -0.39 is 0 Å². The van der Waals surface area contributed by atoms with Crippen molar-refractivity contribution >= 4 is 5.78 Å². The van der Waals surface area contributed by atoms with Crippen LogP contribution in [0.4, 0.5) is 0 Å². The minimum atomic E-state index is 0.301. The van der Waals surface area contributed by atoms with Gasteiger partial charge in [0.1, 0.15) is 5.78 Å². The van der Waals surface area contributed by atoms with Crippen LogP contribution < -0.4 is 0 Å². The van der Waals surface area contributed by atoms with Crippen LogP contribution in [-0.2, 0) is 4.79 Å². The van der Waals surface area contributed by atoms with Crippen LogP contribution in [0.15, 0.2) is 0 Å². The van der Waals surface area contributed by atoms with Crippen LogP contribution in [0.3, 0.4) is 0 Å². The van der Waals surface area contributed by atoms with E-state index in [0.29, 0.717) is 17.1 Å². The maximum Gasteiger partial charge on any atom is 0.136 e. The SMILES string of the molecule is CCCC(=O)C1C2CCC(C2)C1(C)C. The van der Waals surface area contributed by atoms with Gasteiger partial charge in [0, 0.05) is 12.3 Å². The molecule has 0 radical (unpaired) electrons. The van der Waals surface area contributed by atoms with Crippen LogP contribution in [0, 0.1) is 23.2 Å². The van der Waals surface area contributed by atoms with Crippen molar-refractivity contribution in [2.24, 2.45) is 23.2 Å². The maximum atomic E-state index is 12.1. The van der Waals surface area contributed by atoms with Crippen LogP contribution in [0.25, 0.3) is 0 Å². The third-order valence-electron chi connectivity index (χ3n) is 4.64. The van der Waals surface area contributed by atoms with E-state index in [1.54, 1.807) is 0 Å². The molecule has 2 aliphatic rings. The molecular weight excluding hydrogens is 172 g/mol. The lowest BCUT2D eigenvalue weighted by atomic mass is 9.66. The molecule has 3 atom stereocenters. The van der Waals surface area contributed by atoms with Crippen molar-refractivity contribution in [3.8, 4) is 0 Å². The van der Waals surface area contributed by atoms with Crippen molar-refractivity contribution in [1.82, 2.24) is 0 Å². The van der Waals surface area contributed by atoms with Gasteiger partial charge in [0.2, 0.25) is 0 Å². The second-order valence-corrected chi connectivity index (χ2v) is 5.79. The Morgan fingerprint density at radius 1 is 1.36 bits per heavy atom. The molecule has 2 saturated carbocycles. The third-order valence-corrected chi connectivity index (χ3v) is 4.64. The van der Waals surface area contributed by atoms with Crippen LogP contribution in [0.1, 0.15) is 52.9 Å². The van der Waals surface area contributed by atoms with E-state index in [1.807, 2.05) is 0 Å². The summed E-state index contributed by atoms with van der Waals surface area (Å²) in [5.74, 6) is 2.50. The van der Waals surface area contributed by atoms with Crippen molar-refractivity contribution in [3.63, 3.8) is 0 Å². The second-order valence-electron chi connectivity index (χ2n) is 5.79. The zero-order chi connectivity index (χ0) is 10.3. The zero-order valence-corrected chi connectivity index (χ0v) is 9.68. The van der Waals surface area contributed by atoms with E-state index in [2.05, 4.69) is 20.8 Å². The first-order valence-corrected chi connectivity index (χ1v) is 6.10. The first-order chi connectivity index (χ1) is 6.57. The van der Waals surface area contributed by atoms with Crippen LogP contribution in [-0.4, -0.2) is 5.78 Å². The van der Waals surface area contributed by atoms with Crippen molar-refractivity contribution in [2.45, 2.75) is 52.9 Å². The number of carbonyl (C=O) groups excluding carboxylic acids is 1. The van der Waals surface area contributed by atoms with Crippen molar-refractivity contribution in [1.29, 1.82) is 0 Å². The molecule has 2 bridgehead atoms. The minimum Gasteiger partial charge on any atom is -0.299 e. The summed E-state index contributed by atoms with van der Waals surface area (Å²) in [6, 6.07) is 0. The van der Waals surface area contributed by atoms with Gasteiger partial charge in [-0.2, -0.15) is 0 Å². The second kappa shape index (κ2) is 3.36. The smallest absolute Gasteiger partial charge is 0.136 e. The van der Waals surface area contributed by atoms with Gasteiger partial charge in [0.15, 0.2) is 0 Å². The van der Waals surface area contributed by atoms with Gasteiger partial charge in [-0.05, 0) is 42.9 Å². The van der Waals surface area contributed by atoms with Crippen LogP contribution in [0.5, 0.6) is 0 Å². The van der Waals surface area contributed by atoms with E-state index in [-0.39, 0.29) is 0 Å². The van der Waals surface area contributed by atoms with E-state index in [9.17, 15) is 4.79 Å². The number of Topliss-reactive ketones (excluding diaryl/α,β-unsaturated/α-hetero) is 1. The molecule has 0 amide bonds. The van der Waals surface area contributed by atoms with Crippen molar-refractivity contribution < 1.29 is 4.79 Å². The summed E-state index contributed by atoms with van der Waals surface area (Å²) in [5.41, 5.74) is 0.301. The molecule has 0 aromatic rings. The van der Waals surface area contributed by atoms with Crippen LogP contribution >= 0.6 is 0 Å². The molecule has 0 spiro atoms. The van der Waals surface area contributed by atoms with Crippen LogP contribution in [0.2, 0.25) is 0 Å². The number of carbonyl (C=O) groups is 1. The van der Waals surface area contributed by atoms with Crippen molar-refractivity contribution in [2.75, 3.05) is 0 Å². The highest BCUT2D eigenvalue weighted by Crippen LogP contribution is 2.59. The standard InChI is InChI=1S/C13H22O/c1-4-5-11(14)12-9-6-7-10(8-9)13(12,2)3/h9-10,12H,4-8H2,1-3H3. The Morgan fingerprint density at radius 3 is 2.57 bits per heavy atom. The summed E-state index contributed by atoms with van der Waals surface area (Å²) >= 11 is 0. The molecule has 2 rings (SSSR count). The molecule has 0 heterocycles. The number of hydrogen-bond donors (Lipinski definition) is 0. The van der Waals surface area contributed by atoms with Gasteiger partial charge < -0.3 is 0 Å². The summed E-state index contributed by atoms with van der Waals surface area (Å²) in [6.45, 7) is 6.74. The Hall–Kier alpha value is -0.330. The summed E-state index contributed by atoms with van der Waals surface area (Å²) < 4.78 is 0. The van der Waals surface area contributed by atoms with E-state index in [4.69, 9.17) is 0 Å². The Morgan fingerprint density at radius 2 is 2.07 bits per heavy atom. The van der Waals surface area contributed by atoms with Gasteiger partial charge >= 0.3 is 0 Å². The Labute approximate surface area is 87.3 Å². The summed E-state index contributed by atoms with van der Waals surface area (Å²) in [4.78, 5) is 12.1. The molecule has 0 aromatic carbocycles. The lowest BCUT2D eigenvalue weighted by Gasteiger charge is -2.37. The first-order valence-electron chi connectivity index (χ1n) is 6.10. The van der Waals surface area contributed by atoms with Crippen molar-refractivity contribution in [3.05, 3.63) is 0 Å². The number of fused-ring (bicyclic) bond motifs is 2. The largest absolute Gasteiger partial charge is 0.299 e. The molecule has 2 fully saturated rings. The molecule has 0 N–H and O–H groups in total. The molecule has 80 valence electrons. The van der Waals surface area contributed by atoms with E-state index in [1.165, 1.54) is 19.3 Å². The minimum absolute atomic E-state index is 0.301. The molecule has 1 nitrogen and oxygen atoms in total. The highest BCUT2D eigenvalue weighted by atomic mass is 16.1. The molecule has 3 unspecified atom stereocenters. The van der Waals surface area contributed by atoms with E-state index >= 15 is 0 Å². The predicted molar refractivity (Wildman–Crippen MR) is 58.0 cm³/mol. The highest BCUT2D eigenvalue weighted by molar-refractivity contribution is 5.82. The fourth-order valence-corrected chi connectivity index (χ4v) is 3.94. The first kappa shape index (κ1) is 10.2. The van der Waals surface area contributed by atoms with Gasteiger partial charge in [-0.3, -0.25) is 4.79 Å². The topological polar surface area (TPSA) is 17.1 Å². The normalized spacial score (nSPS) is 38.9. The monoisotopic (exact) mass is 194 g/mol. The fraction of sp³-hybridized carbons (Fsp3) is 0.923. The Bertz CT molecular complexity index is 242.